The third-order valence-corrected chi connectivity index (χ3v) is 3.69. The lowest BCUT2D eigenvalue weighted by molar-refractivity contribution is -0.144. The van der Waals surface area contributed by atoms with Gasteiger partial charge in [0.15, 0.2) is 5.69 Å². The molecule has 8 heteroatoms. The van der Waals surface area contributed by atoms with Gasteiger partial charge in [-0.25, -0.2) is 9.48 Å². The Hall–Kier alpha value is -2.41. The lowest BCUT2D eigenvalue weighted by Gasteiger charge is -2.18. The van der Waals surface area contributed by atoms with E-state index < -0.39 is 17.9 Å². The highest BCUT2D eigenvalue weighted by Crippen LogP contribution is 2.11. The zero-order chi connectivity index (χ0) is 17.7. The fourth-order valence-corrected chi connectivity index (χ4v) is 2.22. The van der Waals surface area contributed by atoms with E-state index >= 15 is 0 Å². The maximum Gasteiger partial charge on any atom is 0.328 e. The topological polar surface area (TPSA) is 86.1 Å². The molecule has 2 rings (SSSR count). The van der Waals surface area contributed by atoms with E-state index in [9.17, 15) is 9.59 Å². The molecular weight excluding hydrogens is 332 g/mol. The molecular formula is C16H19ClN4O3. The van der Waals surface area contributed by atoms with Crippen molar-refractivity contribution >= 4 is 23.5 Å². The molecule has 0 aliphatic heterocycles. The van der Waals surface area contributed by atoms with Gasteiger partial charge in [-0.15, -0.1) is 5.10 Å². The summed E-state index contributed by atoms with van der Waals surface area (Å²) in [5.74, 6) is -1.07. The van der Waals surface area contributed by atoms with Crippen molar-refractivity contribution in [2.75, 3.05) is 7.11 Å². The van der Waals surface area contributed by atoms with E-state index in [0.29, 0.717) is 11.6 Å². The Kier molecular flexibility index (Phi) is 5.92. The van der Waals surface area contributed by atoms with E-state index in [2.05, 4.69) is 15.6 Å². The first-order valence-corrected chi connectivity index (χ1v) is 7.81. The summed E-state index contributed by atoms with van der Waals surface area (Å²) in [4.78, 5) is 23.9. The summed E-state index contributed by atoms with van der Waals surface area (Å²) in [6.07, 6.45) is 1.53. The van der Waals surface area contributed by atoms with Crippen LogP contribution in [0.5, 0.6) is 0 Å². The van der Waals surface area contributed by atoms with Crippen molar-refractivity contribution < 1.29 is 14.3 Å². The number of carbonyl (C=O) groups excluding carboxylic acids is 2. The molecule has 0 spiro atoms. The van der Waals surface area contributed by atoms with Crippen LogP contribution in [0.25, 0.3) is 0 Å². The first-order valence-electron chi connectivity index (χ1n) is 7.44. The number of aromatic nitrogens is 3. The normalized spacial score (nSPS) is 12.0. The molecule has 1 atom stereocenters. The van der Waals surface area contributed by atoms with Crippen LogP contribution < -0.4 is 5.32 Å². The fourth-order valence-electron chi connectivity index (χ4n) is 2.10. The Morgan fingerprint density at radius 1 is 1.29 bits per heavy atom. The molecule has 0 saturated carbocycles. The predicted molar refractivity (Wildman–Crippen MR) is 88.7 cm³/mol. The van der Waals surface area contributed by atoms with Crippen molar-refractivity contribution in [3.63, 3.8) is 0 Å². The van der Waals surface area contributed by atoms with Gasteiger partial charge in [-0.2, -0.15) is 0 Å². The first kappa shape index (κ1) is 17.9. The number of benzene rings is 1. The average molecular weight is 351 g/mol. The summed E-state index contributed by atoms with van der Waals surface area (Å²) < 4.78 is 6.24. The van der Waals surface area contributed by atoms with Crippen molar-refractivity contribution in [1.29, 1.82) is 0 Å². The van der Waals surface area contributed by atoms with Crippen LogP contribution in [0.3, 0.4) is 0 Å². The molecule has 24 heavy (non-hydrogen) atoms. The second-order valence-electron chi connectivity index (χ2n) is 5.65. The van der Waals surface area contributed by atoms with Gasteiger partial charge in [0, 0.05) is 5.02 Å². The van der Waals surface area contributed by atoms with E-state index in [4.69, 9.17) is 16.3 Å². The molecule has 0 unspecified atom stereocenters. The number of carbonyl (C=O) groups is 2. The molecule has 0 bridgehead atoms. The summed E-state index contributed by atoms with van der Waals surface area (Å²) in [6, 6.07) is 6.57. The lowest BCUT2D eigenvalue weighted by Crippen LogP contribution is -2.45. The summed E-state index contributed by atoms with van der Waals surface area (Å²) >= 11 is 5.85. The molecule has 2 aromatic rings. The van der Waals surface area contributed by atoms with Gasteiger partial charge in [-0.05, 0) is 23.6 Å². The number of hydrogen-bond donors (Lipinski definition) is 1. The summed E-state index contributed by atoms with van der Waals surface area (Å²) in [6.45, 7) is 4.10. The number of hydrogen-bond acceptors (Lipinski definition) is 5. The summed E-state index contributed by atoms with van der Waals surface area (Å²) in [5.41, 5.74) is 1.12. The average Bonchev–Trinajstić information content (AvgIpc) is 3.02. The van der Waals surface area contributed by atoms with Crippen LogP contribution in [0.2, 0.25) is 5.02 Å². The van der Waals surface area contributed by atoms with Crippen LogP contribution in [0, 0.1) is 5.92 Å². The fraction of sp³-hybridized carbons (Fsp3) is 0.375. The lowest BCUT2D eigenvalue weighted by atomic mass is 10.0. The van der Waals surface area contributed by atoms with Crippen molar-refractivity contribution in [2.45, 2.75) is 26.4 Å². The molecule has 128 valence electrons. The van der Waals surface area contributed by atoms with Crippen molar-refractivity contribution in [1.82, 2.24) is 20.3 Å². The predicted octanol–water partition coefficient (Wildman–Crippen LogP) is 1.91. The SMILES string of the molecule is COC(=O)[C@@H](NC(=O)c1cn(Cc2ccc(Cl)cc2)nn1)C(C)C. The van der Waals surface area contributed by atoms with E-state index in [-0.39, 0.29) is 11.6 Å². The third kappa shape index (κ3) is 4.55. The Labute approximate surface area is 144 Å². The molecule has 0 saturated heterocycles. The number of nitrogens with zero attached hydrogens (tertiary/aromatic N) is 3. The van der Waals surface area contributed by atoms with Gasteiger partial charge in [-0.3, -0.25) is 4.79 Å². The number of methoxy groups -OCH3 is 1. The minimum Gasteiger partial charge on any atom is -0.467 e. The number of nitrogens with one attached hydrogen (secondary N) is 1. The van der Waals surface area contributed by atoms with E-state index in [1.54, 1.807) is 16.8 Å². The van der Waals surface area contributed by atoms with Crippen LogP contribution in [0.4, 0.5) is 0 Å². The minimum atomic E-state index is -0.732. The molecule has 0 aliphatic rings. The molecule has 1 aromatic carbocycles. The molecule has 0 aliphatic carbocycles. The number of esters is 1. The highest BCUT2D eigenvalue weighted by Gasteiger charge is 2.26. The van der Waals surface area contributed by atoms with Crippen LogP contribution >= 0.6 is 11.6 Å². The van der Waals surface area contributed by atoms with Crippen LogP contribution in [-0.2, 0) is 16.1 Å². The first-order chi connectivity index (χ1) is 11.4. The van der Waals surface area contributed by atoms with Gasteiger partial charge in [-0.1, -0.05) is 42.8 Å². The maximum atomic E-state index is 12.2. The Morgan fingerprint density at radius 3 is 2.54 bits per heavy atom. The van der Waals surface area contributed by atoms with Crippen molar-refractivity contribution in [3.05, 3.63) is 46.7 Å². The zero-order valence-corrected chi connectivity index (χ0v) is 14.4. The molecule has 1 N–H and O–H groups in total. The highest BCUT2D eigenvalue weighted by molar-refractivity contribution is 6.30. The number of rotatable bonds is 6. The van der Waals surface area contributed by atoms with Gasteiger partial charge in [0.1, 0.15) is 6.04 Å². The number of amides is 1. The Morgan fingerprint density at radius 2 is 1.96 bits per heavy atom. The molecule has 0 fully saturated rings. The van der Waals surface area contributed by atoms with Gasteiger partial charge >= 0.3 is 5.97 Å². The zero-order valence-electron chi connectivity index (χ0n) is 13.7. The number of ether oxygens (including phenoxy) is 1. The summed E-state index contributed by atoms with van der Waals surface area (Å²) in [7, 11) is 1.28. The second-order valence-corrected chi connectivity index (χ2v) is 6.08. The van der Waals surface area contributed by atoms with Gasteiger partial charge in [0.25, 0.3) is 5.91 Å². The van der Waals surface area contributed by atoms with Gasteiger partial charge in [0.2, 0.25) is 0 Å². The van der Waals surface area contributed by atoms with Crippen molar-refractivity contribution in [3.8, 4) is 0 Å². The molecule has 0 radical (unpaired) electrons. The van der Waals surface area contributed by atoms with Gasteiger partial charge in [0.05, 0.1) is 19.9 Å². The van der Waals surface area contributed by atoms with Crippen LogP contribution in [0.1, 0.15) is 29.9 Å². The largest absolute Gasteiger partial charge is 0.467 e. The molecule has 1 aromatic heterocycles. The quantitative estimate of drug-likeness (QED) is 0.804. The van der Waals surface area contributed by atoms with Crippen LogP contribution in [0.15, 0.2) is 30.5 Å². The molecule has 1 heterocycles. The van der Waals surface area contributed by atoms with E-state index in [1.165, 1.54) is 13.3 Å². The monoisotopic (exact) mass is 350 g/mol. The van der Waals surface area contributed by atoms with Gasteiger partial charge < -0.3 is 10.1 Å². The molecule has 1 amide bonds. The Bertz CT molecular complexity index is 712. The van der Waals surface area contributed by atoms with Crippen molar-refractivity contribution in [2.24, 2.45) is 5.92 Å². The van der Waals surface area contributed by atoms with E-state index in [0.717, 1.165) is 5.56 Å². The standard InChI is InChI=1S/C16H19ClN4O3/c1-10(2)14(16(23)24-3)18-15(22)13-9-21(20-19-13)8-11-4-6-12(17)7-5-11/h4-7,9-10,14H,8H2,1-3H3,(H,18,22)/t14-/m0/s1. The smallest absolute Gasteiger partial charge is 0.328 e. The highest BCUT2D eigenvalue weighted by atomic mass is 35.5. The maximum absolute atomic E-state index is 12.2. The summed E-state index contributed by atoms with van der Waals surface area (Å²) in [5, 5.41) is 11.1. The molecule has 7 nitrogen and oxygen atoms in total. The second kappa shape index (κ2) is 7.92. The minimum absolute atomic E-state index is 0.106. The Balaban J connectivity index is 2.04. The van der Waals surface area contributed by atoms with E-state index in [1.807, 2.05) is 26.0 Å². The van der Waals surface area contributed by atoms with Crippen LogP contribution in [-0.4, -0.2) is 40.0 Å². The number of halogens is 1. The third-order valence-electron chi connectivity index (χ3n) is 3.44.